The van der Waals surface area contributed by atoms with Crippen molar-refractivity contribution >= 4 is 27.9 Å². The molecule has 0 aliphatic heterocycles. The first-order valence-corrected chi connectivity index (χ1v) is 3.03. The van der Waals surface area contributed by atoms with Crippen molar-refractivity contribution in [3.63, 3.8) is 0 Å². The molecule has 0 bridgehead atoms. The van der Waals surface area contributed by atoms with Gasteiger partial charge in [-0.25, -0.2) is 0 Å². The highest BCUT2D eigenvalue weighted by atomic mass is 32.1. The topological polar surface area (TPSA) is 12.4 Å². The predicted octanol–water partition coefficient (Wildman–Crippen LogP) is 1.04. The largest absolute Gasteiger partial charge is 0.296 e. The fourth-order valence-corrected chi connectivity index (χ4v) is 0.524. The molecule has 0 heterocycles. The van der Waals surface area contributed by atoms with E-state index in [2.05, 4.69) is 4.99 Å². The highest BCUT2D eigenvalue weighted by Gasteiger charge is 1.49. The van der Waals surface area contributed by atoms with E-state index in [0.29, 0.717) is 0 Å². The molecule has 0 spiro atoms. The quantitative estimate of drug-likeness (QED) is 0.358. The average Bonchev–Trinajstić information content (AvgIpc) is 1.69. The van der Waals surface area contributed by atoms with Crippen molar-refractivity contribution in [2.75, 3.05) is 7.05 Å². The smallest absolute Gasteiger partial charge is 0.0307 e. The number of aliphatic imine (C=N–C) groups is 1. The molecule has 0 N–H and O–H groups in total. The van der Waals surface area contributed by atoms with Gasteiger partial charge in [-0.15, -0.1) is 0 Å². The molecule has 1 nitrogen and oxygen atoms in total. The standard InChI is InChI=1S/C5H9NS/c1-3-7-5-4-6-2/h3-5H,1-2H3. The zero-order valence-corrected chi connectivity index (χ0v) is 5.40. The molecule has 0 aromatic rings. The molecule has 40 valence electrons. The Bertz CT molecular complexity index is 109. The van der Waals surface area contributed by atoms with Gasteiger partial charge in [-0.3, -0.25) is 4.99 Å². The van der Waals surface area contributed by atoms with Gasteiger partial charge in [-0.1, -0.05) is 0 Å². The molecule has 0 atom stereocenters. The van der Waals surface area contributed by atoms with Crippen LogP contribution in [0.5, 0.6) is 0 Å². The SMILES string of the molecule is CC=S=CC=NC. The zero-order valence-electron chi connectivity index (χ0n) is 4.59. The van der Waals surface area contributed by atoms with E-state index >= 15 is 0 Å². The van der Waals surface area contributed by atoms with Crippen LogP contribution in [0, 0.1) is 0 Å². The van der Waals surface area contributed by atoms with Gasteiger partial charge in [0.15, 0.2) is 0 Å². The molecular weight excluding hydrogens is 106 g/mol. The Kier molecular flexibility index (Phi) is 5.33. The lowest BCUT2D eigenvalue weighted by atomic mass is 10.9. The van der Waals surface area contributed by atoms with Gasteiger partial charge in [0.2, 0.25) is 0 Å². The van der Waals surface area contributed by atoms with Crippen LogP contribution in [-0.4, -0.2) is 24.0 Å². The Labute approximate surface area is 47.6 Å². The molecule has 7 heavy (non-hydrogen) atoms. The van der Waals surface area contributed by atoms with Crippen LogP contribution in [0.15, 0.2) is 4.99 Å². The van der Waals surface area contributed by atoms with Crippen LogP contribution in [0.25, 0.3) is 0 Å². The van der Waals surface area contributed by atoms with Crippen molar-refractivity contribution in [2.24, 2.45) is 4.99 Å². The van der Waals surface area contributed by atoms with E-state index < -0.39 is 0 Å². The second kappa shape index (κ2) is 5.63. The van der Waals surface area contributed by atoms with Gasteiger partial charge in [0.05, 0.1) is 0 Å². The van der Waals surface area contributed by atoms with Crippen LogP contribution in [0.1, 0.15) is 6.92 Å². The Morgan fingerprint density at radius 1 is 1.57 bits per heavy atom. The summed E-state index contributed by atoms with van der Waals surface area (Å²) in [6.07, 6.45) is 1.77. The van der Waals surface area contributed by atoms with Gasteiger partial charge in [-0.05, 0) is 12.3 Å². The first-order valence-electron chi connectivity index (χ1n) is 2.09. The van der Waals surface area contributed by atoms with Crippen LogP contribution >= 0.6 is 10.9 Å². The molecule has 0 amide bonds. The number of nitrogens with zero attached hydrogens (tertiary/aromatic N) is 1. The Morgan fingerprint density at radius 2 is 2.29 bits per heavy atom. The van der Waals surface area contributed by atoms with E-state index in [0.717, 1.165) is 0 Å². The summed E-state index contributed by atoms with van der Waals surface area (Å²) in [6, 6.07) is 0. The van der Waals surface area contributed by atoms with Crippen LogP contribution in [0.3, 0.4) is 0 Å². The summed E-state index contributed by atoms with van der Waals surface area (Å²) in [5.74, 6) is 0. The molecule has 0 saturated heterocycles. The lowest BCUT2D eigenvalue weighted by Crippen LogP contribution is -1.65. The van der Waals surface area contributed by atoms with Crippen LogP contribution in [0.4, 0.5) is 0 Å². The third kappa shape index (κ3) is 5.63. The van der Waals surface area contributed by atoms with Gasteiger partial charge in [0.1, 0.15) is 0 Å². The Hall–Kier alpha value is -0.370. The molecular formula is C5H9NS. The number of rotatable bonds is 1. The third-order valence-corrected chi connectivity index (χ3v) is 0.976. The summed E-state index contributed by atoms with van der Waals surface area (Å²) >= 11 is 0. The fourth-order valence-electron chi connectivity index (χ4n) is 0.175. The van der Waals surface area contributed by atoms with Crippen LogP contribution in [-0.2, 0) is 0 Å². The van der Waals surface area contributed by atoms with E-state index in [4.69, 9.17) is 0 Å². The molecule has 0 aliphatic rings. The van der Waals surface area contributed by atoms with Gasteiger partial charge in [0.25, 0.3) is 0 Å². The summed E-state index contributed by atoms with van der Waals surface area (Å²) in [7, 11) is 3.39. The molecule has 0 unspecified atom stereocenters. The highest BCUT2D eigenvalue weighted by Crippen LogP contribution is 1.57. The molecule has 0 rings (SSSR count). The molecule has 0 fully saturated rings. The minimum atomic E-state index is 1.63. The van der Waals surface area contributed by atoms with Crippen molar-refractivity contribution in [3.05, 3.63) is 0 Å². The molecule has 0 aliphatic carbocycles. The number of hydrogen-bond acceptors (Lipinski definition) is 1. The number of hydrogen-bond donors (Lipinski definition) is 0. The predicted molar refractivity (Wildman–Crippen MR) is 39.8 cm³/mol. The molecule has 0 aromatic heterocycles. The van der Waals surface area contributed by atoms with Gasteiger partial charge in [0, 0.05) is 18.6 Å². The summed E-state index contributed by atoms with van der Waals surface area (Å²) < 4.78 is 0. The van der Waals surface area contributed by atoms with Crippen molar-refractivity contribution in [1.29, 1.82) is 0 Å². The summed E-state index contributed by atoms with van der Waals surface area (Å²) in [6.45, 7) is 1.99. The van der Waals surface area contributed by atoms with Gasteiger partial charge >= 0.3 is 0 Å². The average molecular weight is 115 g/mol. The zero-order chi connectivity index (χ0) is 5.54. The van der Waals surface area contributed by atoms with Crippen molar-refractivity contribution in [1.82, 2.24) is 0 Å². The summed E-state index contributed by atoms with van der Waals surface area (Å²) in [5.41, 5.74) is 0. The second-order valence-electron chi connectivity index (χ2n) is 0.915. The lowest BCUT2D eigenvalue weighted by molar-refractivity contribution is 1.48. The Morgan fingerprint density at radius 3 is 2.71 bits per heavy atom. The fraction of sp³-hybridized carbons (Fsp3) is 0.400. The second-order valence-corrected chi connectivity index (χ2v) is 1.93. The maximum Gasteiger partial charge on any atom is 0.0307 e. The minimum Gasteiger partial charge on any atom is -0.296 e. The molecule has 0 radical (unpaired) electrons. The van der Waals surface area contributed by atoms with Gasteiger partial charge in [-0.2, -0.15) is 10.9 Å². The monoisotopic (exact) mass is 115 g/mol. The summed E-state index contributed by atoms with van der Waals surface area (Å²) in [5, 5.41) is 3.93. The van der Waals surface area contributed by atoms with Crippen molar-refractivity contribution < 1.29 is 0 Å². The normalized spacial score (nSPS) is 8.86. The molecule has 2 heteroatoms. The van der Waals surface area contributed by atoms with E-state index in [1.165, 1.54) is 0 Å². The molecule has 0 aromatic carbocycles. The van der Waals surface area contributed by atoms with E-state index in [1.54, 1.807) is 24.2 Å². The lowest BCUT2D eigenvalue weighted by Gasteiger charge is -1.61. The van der Waals surface area contributed by atoms with Crippen LogP contribution in [0.2, 0.25) is 0 Å². The van der Waals surface area contributed by atoms with E-state index in [9.17, 15) is 0 Å². The van der Waals surface area contributed by atoms with E-state index in [1.807, 2.05) is 17.7 Å². The molecule has 0 saturated carbocycles. The maximum absolute atomic E-state index is 3.75. The first kappa shape index (κ1) is 6.63. The maximum atomic E-state index is 3.75. The first-order chi connectivity index (χ1) is 3.41. The minimum absolute atomic E-state index is 1.63. The Balaban J connectivity index is 3.48. The van der Waals surface area contributed by atoms with E-state index in [-0.39, 0.29) is 0 Å². The summed E-state index contributed by atoms with van der Waals surface area (Å²) in [4.78, 5) is 3.75. The third-order valence-electron chi connectivity index (χ3n) is 0.425. The van der Waals surface area contributed by atoms with Crippen LogP contribution < -0.4 is 0 Å². The van der Waals surface area contributed by atoms with Gasteiger partial charge < -0.3 is 0 Å². The van der Waals surface area contributed by atoms with Crippen molar-refractivity contribution in [2.45, 2.75) is 6.92 Å². The highest BCUT2D eigenvalue weighted by molar-refractivity contribution is 7.96. The van der Waals surface area contributed by atoms with Crippen molar-refractivity contribution in [3.8, 4) is 0 Å².